The Hall–Kier alpha value is -1.35. The molecule has 1 atom stereocenters. The van der Waals surface area contributed by atoms with Crippen LogP contribution in [0.1, 0.15) is 51.2 Å². The van der Waals surface area contributed by atoms with E-state index in [4.69, 9.17) is 9.73 Å². The van der Waals surface area contributed by atoms with Gasteiger partial charge in [0.2, 0.25) is 0 Å². The number of hydrogen-bond acceptors (Lipinski definition) is 4. The quantitative estimate of drug-likeness (QED) is 0.247. The molecule has 2 heterocycles. The number of hydrogen-bond donors (Lipinski definition) is 1. The minimum Gasteiger partial charge on any atom is -0.466 e. The van der Waals surface area contributed by atoms with Crippen molar-refractivity contribution in [2.24, 2.45) is 10.9 Å². The molecule has 3 rings (SSSR count). The number of rotatable bonds is 7. The van der Waals surface area contributed by atoms with Gasteiger partial charge >= 0.3 is 5.97 Å². The fourth-order valence-electron chi connectivity index (χ4n) is 4.54. The van der Waals surface area contributed by atoms with Crippen LogP contribution >= 0.6 is 24.0 Å². The molecule has 0 bridgehead atoms. The molecule has 1 aromatic rings. The number of nitrogens with one attached hydrogen (secondary N) is 1. The van der Waals surface area contributed by atoms with E-state index in [9.17, 15) is 4.79 Å². The molecule has 1 aromatic carbocycles. The van der Waals surface area contributed by atoms with E-state index in [2.05, 4.69) is 53.2 Å². The summed E-state index contributed by atoms with van der Waals surface area (Å²) in [7, 11) is 0. The molecule has 2 aliphatic heterocycles. The van der Waals surface area contributed by atoms with Crippen molar-refractivity contribution in [3.05, 3.63) is 35.4 Å². The molecule has 6 nitrogen and oxygen atoms in total. The van der Waals surface area contributed by atoms with Gasteiger partial charge in [-0.1, -0.05) is 31.2 Å². The van der Waals surface area contributed by atoms with Crippen LogP contribution in [0.25, 0.3) is 0 Å². The highest BCUT2D eigenvalue weighted by molar-refractivity contribution is 14.0. The van der Waals surface area contributed by atoms with Crippen LogP contribution in [0.5, 0.6) is 0 Å². The van der Waals surface area contributed by atoms with Gasteiger partial charge in [-0.15, -0.1) is 24.0 Å². The summed E-state index contributed by atoms with van der Waals surface area (Å²) in [6.45, 7) is 12.2. The van der Waals surface area contributed by atoms with E-state index in [1.807, 2.05) is 6.92 Å². The van der Waals surface area contributed by atoms with Crippen LogP contribution in [-0.4, -0.2) is 67.1 Å². The maximum Gasteiger partial charge on any atom is 0.309 e. The topological polar surface area (TPSA) is 57.2 Å². The van der Waals surface area contributed by atoms with Crippen LogP contribution in [0.15, 0.2) is 29.3 Å². The first-order valence-electron chi connectivity index (χ1n) is 11.7. The monoisotopic (exact) mass is 542 g/mol. The summed E-state index contributed by atoms with van der Waals surface area (Å²) >= 11 is 0. The first kappa shape index (κ1) is 25.9. The molecule has 1 saturated heterocycles. The molecule has 1 fully saturated rings. The molecule has 0 radical (unpaired) electrons. The summed E-state index contributed by atoms with van der Waals surface area (Å²) in [4.78, 5) is 21.9. The lowest BCUT2D eigenvalue weighted by molar-refractivity contribution is -0.149. The van der Waals surface area contributed by atoms with Crippen LogP contribution in [0, 0.1) is 5.92 Å². The van der Waals surface area contributed by atoms with Gasteiger partial charge in [0, 0.05) is 38.8 Å². The van der Waals surface area contributed by atoms with Crippen LogP contribution in [0.4, 0.5) is 0 Å². The summed E-state index contributed by atoms with van der Waals surface area (Å²) < 4.78 is 5.20. The molecule has 174 valence electrons. The number of likely N-dealkylation sites (tertiary alicyclic amines) is 1. The largest absolute Gasteiger partial charge is 0.466 e. The predicted molar refractivity (Wildman–Crippen MR) is 137 cm³/mol. The van der Waals surface area contributed by atoms with Gasteiger partial charge in [0.15, 0.2) is 5.96 Å². The van der Waals surface area contributed by atoms with E-state index in [1.165, 1.54) is 11.1 Å². The average molecular weight is 543 g/mol. The zero-order valence-corrected chi connectivity index (χ0v) is 21.6. The second kappa shape index (κ2) is 13.3. The standard InChI is InChI=1S/C24H38N4O2.HI/c1-4-22(28-16-11-19-9-7-8-10-21(19)18-28)17-26-24(25-5-2)27-14-12-20(13-15-27)23(29)30-6-3;/h7-10,20,22H,4-6,11-18H2,1-3H3,(H,25,26);1H. The lowest BCUT2D eigenvalue weighted by atomic mass is 9.97. The molecule has 1 unspecified atom stereocenters. The Morgan fingerprint density at radius 3 is 2.52 bits per heavy atom. The molecule has 0 spiro atoms. The van der Waals surface area contributed by atoms with Crippen molar-refractivity contribution in [3.63, 3.8) is 0 Å². The number of carbonyl (C=O) groups excluding carboxylic acids is 1. The number of aliphatic imine (C=N–C) groups is 1. The zero-order chi connectivity index (χ0) is 21.3. The number of halogens is 1. The fourth-order valence-corrected chi connectivity index (χ4v) is 4.54. The van der Waals surface area contributed by atoms with Gasteiger partial charge in [0.05, 0.1) is 19.1 Å². The number of fused-ring (bicyclic) bond motifs is 1. The molecule has 7 heteroatoms. The van der Waals surface area contributed by atoms with E-state index in [1.54, 1.807) is 0 Å². The smallest absolute Gasteiger partial charge is 0.309 e. The number of benzene rings is 1. The van der Waals surface area contributed by atoms with Gasteiger partial charge in [-0.25, -0.2) is 0 Å². The average Bonchev–Trinajstić information content (AvgIpc) is 2.79. The number of piperidine rings is 1. The number of carbonyl (C=O) groups is 1. The van der Waals surface area contributed by atoms with E-state index in [0.29, 0.717) is 12.6 Å². The van der Waals surface area contributed by atoms with Crippen molar-refractivity contribution in [1.82, 2.24) is 15.1 Å². The van der Waals surface area contributed by atoms with Crippen LogP contribution in [0.3, 0.4) is 0 Å². The Kier molecular flexibility index (Phi) is 11.1. The first-order valence-corrected chi connectivity index (χ1v) is 11.7. The molecule has 1 N–H and O–H groups in total. The minimum atomic E-state index is -0.0458. The molecular weight excluding hydrogens is 503 g/mol. The molecule has 0 aromatic heterocycles. The number of nitrogens with zero attached hydrogens (tertiary/aromatic N) is 3. The molecular formula is C24H39IN4O2. The summed E-state index contributed by atoms with van der Waals surface area (Å²) in [6, 6.07) is 9.25. The highest BCUT2D eigenvalue weighted by Crippen LogP contribution is 2.22. The third kappa shape index (κ3) is 7.07. The third-order valence-electron chi connectivity index (χ3n) is 6.35. The molecule has 0 amide bonds. The Balaban J connectivity index is 0.00000341. The van der Waals surface area contributed by atoms with Gasteiger partial charge in [0.25, 0.3) is 0 Å². The van der Waals surface area contributed by atoms with Crippen molar-refractivity contribution in [3.8, 4) is 0 Å². The van der Waals surface area contributed by atoms with Gasteiger partial charge in [-0.05, 0) is 50.7 Å². The van der Waals surface area contributed by atoms with E-state index < -0.39 is 0 Å². The van der Waals surface area contributed by atoms with Gasteiger partial charge in [0.1, 0.15) is 0 Å². The SMILES string of the molecule is CCNC(=NCC(CC)N1CCc2ccccc2C1)N1CCC(C(=O)OCC)CC1.I. The summed E-state index contributed by atoms with van der Waals surface area (Å²) in [6.07, 6.45) is 3.89. The number of esters is 1. The zero-order valence-electron chi connectivity index (χ0n) is 19.3. The Morgan fingerprint density at radius 2 is 1.87 bits per heavy atom. The summed E-state index contributed by atoms with van der Waals surface area (Å²) in [5.74, 6) is 0.965. The fraction of sp³-hybridized carbons (Fsp3) is 0.667. The van der Waals surface area contributed by atoms with Gasteiger partial charge in [-0.2, -0.15) is 0 Å². The number of guanidine groups is 1. The Morgan fingerprint density at radius 1 is 1.16 bits per heavy atom. The normalized spacial score (nSPS) is 18.7. The van der Waals surface area contributed by atoms with Crippen molar-refractivity contribution in [2.45, 2.75) is 59.0 Å². The van der Waals surface area contributed by atoms with Crippen molar-refractivity contribution < 1.29 is 9.53 Å². The van der Waals surface area contributed by atoms with E-state index in [0.717, 1.165) is 70.9 Å². The van der Waals surface area contributed by atoms with E-state index >= 15 is 0 Å². The number of ether oxygens (including phenoxy) is 1. The van der Waals surface area contributed by atoms with Crippen LogP contribution in [-0.2, 0) is 22.5 Å². The van der Waals surface area contributed by atoms with Crippen LogP contribution < -0.4 is 5.32 Å². The first-order chi connectivity index (χ1) is 14.7. The molecule has 0 aliphatic carbocycles. The highest BCUT2D eigenvalue weighted by atomic mass is 127. The Bertz CT molecular complexity index is 719. The molecule has 0 saturated carbocycles. The molecule has 31 heavy (non-hydrogen) atoms. The maximum atomic E-state index is 12.0. The Labute approximate surface area is 204 Å². The van der Waals surface area contributed by atoms with Crippen molar-refractivity contribution >= 4 is 35.9 Å². The summed E-state index contributed by atoms with van der Waals surface area (Å²) in [5.41, 5.74) is 2.95. The second-order valence-corrected chi connectivity index (χ2v) is 8.26. The van der Waals surface area contributed by atoms with Gasteiger partial charge in [-0.3, -0.25) is 14.7 Å². The summed E-state index contributed by atoms with van der Waals surface area (Å²) in [5, 5.41) is 3.46. The lowest BCUT2D eigenvalue weighted by Gasteiger charge is -2.36. The van der Waals surface area contributed by atoms with Crippen molar-refractivity contribution in [2.75, 3.05) is 39.3 Å². The van der Waals surface area contributed by atoms with Crippen molar-refractivity contribution in [1.29, 1.82) is 0 Å². The second-order valence-electron chi connectivity index (χ2n) is 8.26. The van der Waals surface area contributed by atoms with Gasteiger partial charge < -0.3 is 15.0 Å². The van der Waals surface area contributed by atoms with E-state index in [-0.39, 0.29) is 35.9 Å². The molecule has 2 aliphatic rings. The minimum absolute atomic E-state index is 0. The third-order valence-corrected chi connectivity index (χ3v) is 6.35. The lowest BCUT2D eigenvalue weighted by Crippen LogP contribution is -2.47. The maximum absolute atomic E-state index is 12.0. The highest BCUT2D eigenvalue weighted by Gasteiger charge is 2.28. The predicted octanol–water partition coefficient (Wildman–Crippen LogP) is 3.68. The van der Waals surface area contributed by atoms with Crippen LogP contribution in [0.2, 0.25) is 0 Å².